The average Bonchev–Trinajstić information content (AvgIpc) is 2.38. The first kappa shape index (κ1) is 14.2. The molecule has 0 bridgehead atoms. The molecule has 7 heteroatoms. The van der Waals surface area contributed by atoms with Crippen LogP contribution >= 0.6 is 27.7 Å². The predicted molar refractivity (Wildman–Crippen MR) is 79.6 cm³/mol. The van der Waals surface area contributed by atoms with Gasteiger partial charge < -0.3 is 5.32 Å². The molecule has 5 nitrogen and oxygen atoms in total. The highest BCUT2D eigenvalue weighted by Crippen LogP contribution is 2.30. The van der Waals surface area contributed by atoms with E-state index in [9.17, 15) is 0 Å². The molecule has 0 aliphatic rings. The van der Waals surface area contributed by atoms with Crippen LogP contribution in [0.5, 0.6) is 0 Å². The highest BCUT2D eigenvalue weighted by Gasteiger charge is 2.11. The van der Waals surface area contributed by atoms with E-state index in [0.29, 0.717) is 11.1 Å². The van der Waals surface area contributed by atoms with E-state index in [1.807, 2.05) is 20.8 Å². The van der Waals surface area contributed by atoms with Gasteiger partial charge in [-0.3, -0.25) is 0 Å². The van der Waals surface area contributed by atoms with Crippen molar-refractivity contribution >= 4 is 33.6 Å². The molecule has 2 rings (SSSR count). The molecule has 0 radical (unpaired) electrons. The van der Waals surface area contributed by atoms with Crippen molar-refractivity contribution in [2.24, 2.45) is 0 Å². The van der Waals surface area contributed by atoms with Crippen LogP contribution in [-0.4, -0.2) is 27.0 Å². The largest absolute Gasteiger partial charge is 0.357 e. The number of rotatable bonds is 3. The van der Waals surface area contributed by atoms with E-state index in [1.165, 1.54) is 11.8 Å². The molecule has 100 valence electrons. The predicted octanol–water partition coefficient (Wildman–Crippen LogP) is 3.15. The van der Waals surface area contributed by atoms with Crippen molar-refractivity contribution in [1.82, 2.24) is 19.9 Å². The first-order chi connectivity index (χ1) is 9.01. The summed E-state index contributed by atoms with van der Waals surface area (Å²) in [7, 11) is 1.79. The Morgan fingerprint density at radius 2 is 1.74 bits per heavy atom. The number of hydrogen-bond acceptors (Lipinski definition) is 6. The minimum absolute atomic E-state index is 0.575. The second-order valence-corrected chi connectivity index (χ2v) is 5.81. The number of hydrogen-bond donors (Lipinski definition) is 1. The summed E-state index contributed by atoms with van der Waals surface area (Å²) in [5, 5.41) is 4.40. The van der Waals surface area contributed by atoms with E-state index in [0.717, 1.165) is 26.4 Å². The second kappa shape index (κ2) is 5.83. The summed E-state index contributed by atoms with van der Waals surface area (Å²) in [5.74, 6) is 0.575. The number of nitrogens with zero attached hydrogens (tertiary/aromatic N) is 4. The minimum Gasteiger partial charge on any atom is -0.357 e. The Hall–Kier alpha value is -1.21. The van der Waals surface area contributed by atoms with Crippen molar-refractivity contribution < 1.29 is 0 Å². The fourth-order valence-electron chi connectivity index (χ4n) is 1.42. The summed E-state index contributed by atoms with van der Waals surface area (Å²) >= 11 is 4.86. The Balaban J connectivity index is 2.36. The summed E-state index contributed by atoms with van der Waals surface area (Å²) in [6, 6.07) is 0. The monoisotopic (exact) mass is 339 g/mol. The zero-order valence-electron chi connectivity index (χ0n) is 11.2. The maximum Gasteiger partial charge on any atom is 0.223 e. The molecule has 0 atom stereocenters. The van der Waals surface area contributed by atoms with Gasteiger partial charge in [0.25, 0.3) is 0 Å². The topological polar surface area (TPSA) is 63.6 Å². The second-order valence-electron chi connectivity index (χ2n) is 4.00. The molecule has 19 heavy (non-hydrogen) atoms. The summed E-state index contributed by atoms with van der Waals surface area (Å²) in [5.41, 5.74) is 3.12. The standard InChI is InChI=1S/C12H14BrN5S/c1-6-7(2)16-12(17-8(6)3)19-10-9(13)5-15-11(14-4)18-10/h5H,1-4H3,(H,14,15,18). The van der Waals surface area contributed by atoms with Crippen molar-refractivity contribution in [1.29, 1.82) is 0 Å². The molecule has 0 saturated carbocycles. The van der Waals surface area contributed by atoms with Gasteiger partial charge in [-0.25, -0.2) is 19.9 Å². The highest BCUT2D eigenvalue weighted by molar-refractivity contribution is 9.10. The fourth-order valence-corrected chi connectivity index (χ4v) is 2.67. The third kappa shape index (κ3) is 3.22. The van der Waals surface area contributed by atoms with Crippen LogP contribution in [0.15, 0.2) is 20.9 Å². The molecule has 0 spiro atoms. The Bertz CT molecular complexity index is 594. The number of aryl methyl sites for hydroxylation is 2. The van der Waals surface area contributed by atoms with Crippen molar-refractivity contribution in [3.05, 3.63) is 27.6 Å². The van der Waals surface area contributed by atoms with Crippen LogP contribution in [0, 0.1) is 20.8 Å². The zero-order chi connectivity index (χ0) is 14.0. The number of anilines is 1. The van der Waals surface area contributed by atoms with Gasteiger partial charge in [0.1, 0.15) is 5.03 Å². The number of nitrogens with one attached hydrogen (secondary N) is 1. The SMILES string of the molecule is CNc1ncc(Br)c(Sc2nc(C)c(C)c(C)n2)n1. The lowest BCUT2D eigenvalue weighted by Gasteiger charge is -2.08. The molecule has 0 amide bonds. The molecular formula is C12H14BrN5S. The smallest absolute Gasteiger partial charge is 0.223 e. The summed E-state index contributed by atoms with van der Waals surface area (Å²) in [4.78, 5) is 17.5. The molecule has 0 saturated heterocycles. The molecule has 0 aliphatic carbocycles. The number of halogens is 1. The Morgan fingerprint density at radius 3 is 2.32 bits per heavy atom. The van der Waals surface area contributed by atoms with E-state index in [-0.39, 0.29) is 0 Å². The average molecular weight is 340 g/mol. The van der Waals surface area contributed by atoms with Gasteiger partial charge in [-0.2, -0.15) is 0 Å². The lowest BCUT2D eigenvalue weighted by molar-refractivity contribution is 0.876. The lowest BCUT2D eigenvalue weighted by atomic mass is 10.2. The highest BCUT2D eigenvalue weighted by atomic mass is 79.9. The van der Waals surface area contributed by atoms with Crippen LogP contribution in [0.3, 0.4) is 0 Å². The normalized spacial score (nSPS) is 10.6. The number of aromatic nitrogens is 4. The fraction of sp³-hybridized carbons (Fsp3) is 0.333. The van der Waals surface area contributed by atoms with E-state index >= 15 is 0 Å². The molecule has 0 aliphatic heterocycles. The van der Waals surface area contributed by atoms with Gasteiger partial charge in [-0.05, 0) is 54.0 Å². The Morgan fingerprint density at radius 1 is 1.11 bits per heavy atom. The van der Waals surface area contributed by atoms with E-state index in [2.05, 4.69) is 41.2 Å². The van der Waals surface area contributed by atoms with Crippen molar-refractivity contribution in [2.75, 3.05) is 12.4 Å². The van der Waals surface area contributed by atoms with E-state index in [4.69, 9.17) is 0 Å². The molecule has 0 aromatic carbocycles. The summed E-state index contributed by atoms with van der Waals surface area (Å²) in [6.45, 7) is 6.00. The molecule has 1 N–H and O–H groups in total. The van der Waals surface area contributed by atoms with E-state index < -0.39 is 0 Å². The van der Waals surface area contributed by atoms with E-state index in [1.54, 1.807) is 13.2 Å². The first-order valence-electron chi connectivity index (χ1n) is 5.71. The van der Waals surface area contributed by atoms with Gasteiger partial charge in [-0.1, -0.05) is 0 Å². The van der Waals surface area contributed by atoms with Gasteiger partial charge in [0.05, 0.1) is 4.47 Å². The van der Waals surface area contributed by atoms with Crippen LogP contribution in [-0.2, 0) is 0 Å². The van der Waals surface area contributed by atoms with Crippen LogP contribution < -0.4 is 5.32 Å². The van der Waals surface area contributed by atoms with Crippen molar-refractivity contribution in [2.45, 2.75) is 31.0 Å². The lowest BCUT2D eigenvalue weighted by Crippen LogP contribution is -2.00. The molecule has 0 unspecified atom stereocenters. The summed E-state index contributed by atoms with van der Waals surface area (Å²) < 4.78 is 0.830. The van der Waals surface area contributed by atoms with Crippen molar-refractivity contribution in [3.8, 4) is 0 Å². The maximum absolute atomic E-state index is 4.48. The third-order valence-corrected chi connectivity index (χ3v) is 4.45. The molecule has 2 aromatic heterocycles. The van der Waals surface area contributed by atoms with Gasteiger partial charge in [0.2, 0.25) is 5.95 Å². The van der Waals surface area contributed by atoms with Crippen LogP contribution in [0.25, 0.3) is 0 Å². The van der Waals surface area contributed by atoms with Crippen LogP contribution in [0.2, 0.25) is 0 Å². The Labute approximate surface area is 124 Å². The maximum atomic E-state index is 4.48. The Kier molecular flexibility index (Phi) is 4.36. The minimum atomic E-state index is 0.575. The van der Waals surface area contributed by atoms with Gasteiger partial charge in [0, 0.05) is 24.6 Å². The van der Waals surface area contributed by atoms with Gasteiger partial charge >= 0.3 is 0 Å². The van der Waals surface area contributed by atoms with Gasteiger partial charge in [0.15, 0.2) is 5.16 Å². The van der Waals surface area contributed by atoms with Crippen molar-refractivity contribution in [3.63, 3.8) is 0 Å². The van der Waals surface area contributed by atoms with Gasteiger partial charge in [-0.15, -0.1) is 0 Å². The summed E-state index contributed by atoms with van der Waals surface area (Å²) in [6.07, 6.45) is 1.72. The zero-order valence-corrected chi connectivity index (χ0v) is 13.6. The molecule has 2 aromatic rings. The molecule has 2 heterocycles. The molecule has 0 fully saturated rings. The van der Waals surface area contributed by atoms with Crippen LogP contribution in [0.4, 0.5) is 5.95 Å². The molecular weight excluding hydrogens is 326 g/mol. The third-order valence-electron chi connectivity index (χ3n) is 2.74. The first-order valence-corrected chi connectivity index (χ1v) is 7.32. The van der Waals surface area contributed by atoms with Crippen LogP contribution in [0.1, 0.15) is 17.0 Å². The quantitative estimate of drug-likeness (QED) is 0.684.